The van der Waals surface area contributed by atoms with Gasteiger partial charge < -0.3 is 20.5 Å². The summed E-state index contributed by atoms with van der Waals surface area (Å²) in [5.41, 5.74) is 5.72. The third-order valence-electron chi connectivity index (χ3n) is 2.97. The van der Waals surface area contributed by atoms with Crippen LogP contribution in [0.3, 0.4) is 0 Å². The molecule has 6 nitrogen and oxygen atoms in total. The maximum absolute atomic E-state index is 12.0. The Morgan fingerprint density at radius 2 is 2.29 bits per heavy atom. The summed E-state index contributed by atoms with van der Waals surface area (Å²) in [6.07, 6.45) is 0.924. The Bertz CT molecular complexity index is 283. The van der Waals surface area contributed by atoms with E-state index >= 15 is 0 Å². The number of carbonyl (C=O) groups excluding carboxylic acids is 1. The number of rotatable bonds is 5. The second-order valence-corrected chi connectivity index (χ2v) is 4.21. The van der Waals surface area contributed by atoms with E-state index in [2.05, 4.69) is 0 Å². The fourth-order valence-corrected chi connectivity index (χ4v) is 1.90. The quantitative estimate of drug-likeness (QED) is 0.699. The van der Waals surface area contributed by atoms with Gasteiger partial charge in [0.1, 0.15) is 0 Å². The highest BCUT2D eigenvalue weighted by atomic mass is 16.5. The second-order valence-electron chi connectivity index (χ2n) is 4.21. The molecule has 0 aromatic rings. The summed E-state index contributed by atoms with van der Waals surface area (Å²) in [7, 11) is 0. The minimum absolute atomic E-state index is 0.0622. The zero-order valence-electron chi connectivity index (χ0n) is 10.1. The van der Waals surface area contributed by atoms with Crippen molar-refractivity contribution in [3.63, 3.8) is 0 Å². The third-order valence-corrected chi connectivity index (χ3v) is 2.97. The molecule has 0 spiro atoms. The number of hydrogen-bond acceptors (Lipinski definition) is 4. The van der Waals surface area contributed by atoms with Gasteiger partial charge in [-0.3, -0.25) is 9.59 Å². The second kappa shape index (κ2) is 6.56. The molecule has 0 aromatic carbocycles. The maximum Gasteiger partial charge on any atom is 0.303 e. The number of hydrogen-bond donors (Lipinski definition) is 2. The van der Waals surface area contributed by atoms with E-state index in [0.29, 0.717) is 19.8 Å². The number of carboxylic acid groups (broad SMARTS) is 1. The summed E-state index contributed by atoms with van der Waals surface area (Å²) < 4.78 is 5.30. The van der Waals surface area contributed by atoms with Gasteiger partial charge in [-0.05, 0) is 12.8 Å². The van der Waals surface area contributed by atoms with Crippen molar-refractivity contribution in [2.75, 3.05) is 19.8 Å². The van der Waals surface area contributed by atoms with Crippen LogP contribution in [0.5, 0.6) is 0 Å². The molecule has 0 saturated carbocycles. The Labute approximate surface area is 101 Å². The first-order valence-corrected chi connectivity index (χ1v) is 5.91. The first kappa shape index (κ1) is 13.9. The Morgan fingerprint density at radius 1 is 1.59 bits per heavy atom. The van der Waals surface area contributed by atoms with Crippen LogP contribution in [0.15, 0.2) is 0 Å². The number of carbonyl (C=O) groups is 2. The van der Waals surface area contributed by atoms with Crippen LogP contribution in [0, 0.1) is 0 Å². The van der Waals surface area contributed by atoms with Crippen LogP contribution >= 0.6 is 0 Å². The Hall–Kier alpha value is -1.14. The number of aliphatic carboxylic acids is 1. The van der Waals surface area contributed by atoms with Crippen LogP contribution in [-0.2, 0) is 14.3 Å². The summed E-state index contributed by atoms with van der Waals surface area (Å²) >= 11 is 0. The molecular weight excluding hydrogens is 224 g/mol. The van der Waals surface area contributed by atoms with Crippen molar-refractivity contribution >= 4 is 11.9 Å². The average molecular weight is 244 g/mol. The van der Waals surface area contributed by atoms with Crippen molar-refractivity contribution in [3.05, 3.63) is 0 Å². The predicted octanol–water partition coefficient (Wildman–Crippen LogP) is -0.184. The molecule has 17 heavy (non-hydrogen) atoms. The molecule has 1 aliphatic heterocycles. The van der Waals surface area contributed by atoms with E-state index in [-0.39, 0.29) is 24.8 Å². The van der Waals surface area contributed by atoms with Gasteiger partial charge in [0, 0.05) is 13.0 Å². The first-order chi connectivity index (χ1) is 8.06. The lowest BCUT2D eigenvalue weighted by Gasteiger charge is -2.36. The van der Waals surface area contributed by atoms with Crippen LogP contribution in [0.1, 0.15) is 26.2 Å². The van der Waals surface area contributed by atoms with Gasteiger partial charge >= 0.3 is 5.97 Å². The van der Waals surface area contributed by atoms with Gasteiger partial charge in [0.05, 0.1) is 25.3 Å². The van der Waals surface area contributed by atoms with E-state index < -0.39 is 12.0 Å². The van der Waals surface area contributed by atoms with E-state index in [1.165, 1.54) is 0 Å². The van der Waals surface area contributed by atoms with Gasteiger partial charge in [-0.15, -0.1) is 0 Å². The minimum Gasteiger partial charge on any atom is -0.481 e. The smallest absolute Gasteiger partial charge is 0.303 e. The number of morpholine rings is 1. The molecule has 0 bridgehead atoms. The summed E-state index contributed by atoms with van der Waals surface area (Å²) in [5, 5.41) is 8.55. The largest absolute Gasteiger partial charge is 0.481 e. The summed E-state index contributed by atoms with van der Waals surface area (Å²) in [6, 6.07) is -0.662. The van der Waals surface area contributed by atoms with E-state index in [9.17, 15) is 9.59 Å². The molecule has 1 heterocycles. The van der Waals surface area contributed by atoms with Crippen LogP contribution < -0.4 is 5.73 Å². The Balaban J connectivity index is 2.51. The molecule has 1 fully saturated rings. The van der Waals surface area contributed by atoms with Gasteiger partial charge in [-0.1, -0.05) is 6.92 Å². The van der Waals surface area contributed by atoms with E-state index in [1.807, 2.05) is 6.92 Å². The lowest BCUT2D eigenvalue weighted by Crippen LogP contribution is -2.53. The van der Waals surface area contributed by atoms with Gasteiger partial charge in [0.2, 0.25) is 5.91 Å². The normalized spacial score (nSPS) is 22.2. The van der Waals surface area contributed by atoms with Crippen LogP contribution in [0.4, 0.5) is 0 Å². The molecule has 1 amide bonds. The maximum atomic E-state index is 12.0. The number of nitrogens with two attached hydrogens (primary N) is 1. The van der Waals surface area contributed by atoms with Crippen molar-refractivity contribution in [1.29, 1.82) is 0 Å². The lowest BCUT2D eigenvalue weighted by molar-refractivity contribution is -0.142. The number of ether oxygens (including phenoxy) is 1. The standard InChI is InChI=1S/C11H20N2O4/c1-2-8-7-17-6-5-13(8)11(16)9(12)3-4-10(14)15/h8-9H,2-7,12H2,1H3,(H,14,15). The molecular formula is C11H20N2O4. The Morgan fingerprint density at radius 3 is 2.88 bits per heavy atom. The van der Waals surface area contributed by atoms with Crippen molar-refractivity contribution in [3.8, 4) is 0 Å². The molecule has 0 radical (unpaired) electrons. The molecule has 6 heteroatoms. The fourth-order valence-electron chi connectivity index (χ4n) is 1.90. The average Bonchev–Trinajstić information content (AvgIpc) is 2.34. The molecule has 0 aromatic heterocycles. The van der Waals surface area contributed by atoms with Crippen LogP contribution in [0.2, 0.25) is 0 Å². The minimum atomic E-state index is -0.928. The van der Waals surface area contributed by atoms with Crippen molar-refractivity contribution in [1.82, 2.24) is 4.90 Å². The molecule has 0 aliphatic carbocycles. The molecule has 98 valence electrons. The molecule has 3 N–H and O–H groups in total. The predicted molar refractivity (Wildman–Crippen MR) is 61.5 cm³/mol. The van der Waals surface area contributed by atoms with Gasteiger partial charge in [0.25, 0.3) is 0 Å². The fraction of sp³-hybridized carbons (Fsp3) is 0.818. The number of nitrogens with zero attached hydrogens (tertiary/aromatic N) is 1. The van der Waals surface area contributed by atoms with Gasteiger partial charge in [-0.2, -0.15) is 0 Å². The van der Waals surface area contributed by atoms with E-state index in [4.69, 9.17) is 15.6 Å². The van der Waals surface area contributed by atoms with Gasteiger partial charge in [-0.25, -0.2) is 0 Å². The van der Waals surface area contributed by atoms with Crippen LogP contribution in [-0.4, -0.2) is 53.7 Å². The highest BCUT2D eigenvalue weighted by Crippen LogP contribution is 2.12. The van der Waals surface area contributed by atoms with Crippen molar-refractivity contribution in [2.45, 2.75) is 38.3 Å². The van der Waals surface area contributed by atoms with Crippen molar-refractivity contribution in [2.24, 2.45) is 5.73 Å². The summed E-state index contributed by atoms with van der Waals surface area (Å²) in [4.78, 5) is 24.2. The zero-order valence-corrected chi connectivity index (χ0v) is 10.1. The van der Waals surface area contributed by atoms with E-state index in [1.54, 1.807) is 4.90 Å². The molecule has 1 aliphatic rings. The van der Waals surface area contributed by atoms with Crippen molar-refractivity contribution < 1.29 is 19.4 Å². The molecule has 2 atom stereocenters. The van der Waals surface area contributed by atoms with Crippen LogP contribution in [0.25, 0.3) is 0 Å². The molecule has 1 rings (SSSR count). The summed E-state index contributed by atoms with van der Waals surface area (Å²) in [6.45, 7) is 3.59. The topological polar surface area (TPSA) is 92.9 Å². The SMILES string of the molecule is CCC1COCCN1C(=O)C(N)CCC(=O)O. The first-order valence-electron chi connectivity index (χ1n) is 5.91. The number of amides is 1. The molecule has 2 unspecified atom stereocenters. The third kappa shape index (κ3) is 3.98. The zero-order chi connectivity index (χ0) is 12.8. The monoisotopic (exact) mass is 244 g/mol. The Kier molecular flexibility index (Phi) is 5.37. The summed E-state index contributed by atoms with van der Waals surface area (Å²) in [5.74, 6) is -1.09. The highest BCUT2D eigenvalue weighted by Gasteiger charge is 2.29. The highest BCUT2D eigenvalue weighted by molar-refractivity contribution is 5.82. The lowest BCUT2D eigenvalue weighted by atomic mass is 10.1. The van der Waals surface area contributed by atoms with E-state index in [0.717, 1.165) is 6.42 Å². The van der Waals surface area contributed by atoms with Gasteiger partial charge in [0.15, 0.2) is 0 Å². The number of carboxylic acids is 1. The molecule has 1 saturated heterocycles.